The maximum Gasteiger partial charge on any atom is 0.161 e. The Bertz CT molecular complexity index is 599. The molecule has 0 bridgehead atoms. The minimum Gasteiger partial charge on any atom is -0.493 e. The van der Waals surface area contributed by atoms with Gasteiger partial charge in [-0.25, -0.2) is 0 Å². The van der Waals surface area contributed by atoms with Crippen LogP contribution in [0.15, 0.2) is 42.5 Å². The van der Waals surface area contributed by atoms with Crippen molar-refractivity contribution in [1.29, 1.82) is 0 Å². The number of anilines is 1. The lowest BCUT2D eigenvalue weighted by Gasteiger charge is -2.15. The van der Waals surface area contributed by atoms with Gasteiger partial charge in [0, 0.05) is 17.3 Å². The van der Waals surface area contributed by atoms with Crippen molar-refractivity contribution in [3.05, 3.63) is 53.1 Å². The summed E-state index contributed by atoms with van der Waals surface area (Å²) in [4.78, 5) is 0. The molecule has 0 atom stereocenters. The number of hydrogen-bond acceptors (Lipinski definition) is 3. The van der Waals surface area contributed by atoms with E-state index in [1.54, 1.807) is 7.11 Å². The topological polar surface area (TPSA) is 30.5 Å². The predicted octanol–water partition coefficient (Wildman–Crippen LogP) is 4.75. The van der Waals surface area contributed by atoms with Crippen LogP contribution in [0, 0.1) is 0 Å². The highest BCUT2D eigenvalue weighted by Crippen LogP contribution is 2.29. The van der Waals surface area contributed by atoms with Gasteiger partial charge >= 0.3 is 0 Å². The van der Waals surface area contributed by atoms with E-state index >= 15 is 0 Å². The van der Waals surface area contributed by atoms with Gasteiger partial charge in [0.15, 0.2) is 11.5 Å². The van der Waals surface area contributed by atoms with Gasteiger partial charge in [0.2, 0.25) is 0 Å². The molecule has 0 heterocycles. The molecule has 2 aromatic carbocycles. The normalized spacial score (nSPS) is 10.5. The highest BCUT2D eigenvalue weighted by atomic mass is 35.5. The molecule has 21 heavy (non-hydrogen) atoms. The molecule has 0 spiro atoms. The molecule has 0 aliphatic carbocycles. The zero-order chi connectivity index (χ0) is 15.2. The quantitative estimate of drug-likeness (QED) is 0.835. The first kappa shape index (κ1) is 15.5. The second-order valence-corrected chi connectivity index (χ2v) is 5.45. The molecule has 4 heteroatoms. The molecular formula is C17H20ClNO2. The third-order valence-electron chi connectivity index (χ3n) is 2.91. The number of nitrogens with one attached hydrogen (secondary N) is 1. The summed E-state index contributed by atoms with van der Waals surface area (Å²) in [5.74, 6) is 1.51. The summed E-state index contributed by atoms with van der Waals surface area (Å²) < 4.78 is 11.1. The van der Waals surface area contributed by atoms with Crippen LogP contribution < -0.4 is 14.8 Å². The zero-order valence-corrected chi connectivity index (χ0v) is 13.3. The van der Waals surface area contributed by atoms with Gasteiger partial charge in [0.25, 0.3) is 0 Å². The molecule has 0 radical (unpaired) electrons. The lowest BCUT2D eigenvalue weighted by Crippen LogP contribution is -2.07. The molecule has 0 saturated carbocycles. The molecule has 0 aliphatic heterocycles. The van der Waals surface area contributed by atoms with Crippen molar-refractivity contribution in [3.63, 3.8) is 0 Å². The van der Waals surface area contributed by atoms with Crippen LogP contribution >= 0.6 is 11.6 Å². The number of methoxy groups -OCH3 is 1. The van der Waals surface area contributed by atoms with Crippen molar-refractivity contribution in [3.8, 4) is 11.5 Å². The van der Waals surface area contributed by atoms with E-state index in [0.717, 1.165) is 27.8 Å². The minimum atomic E-state index is 0.107. The van der Waals surface area contributed by atoms with E-state index in [0.29, 0.717) is 6.54 Å². The minimum absolute atomic E-state index is 0.107. The smallest absolute Gasteiger partial charge is 0.161 e. The van der Waals surface area contributed by atoms with Crippen LogP contribution in [0.25, 0.3) is 0 Å². The first-order valence-corrected chi connectivity index (χ1v) is 7.29. The van der Waals surface area contributed by atoms with E-state index in [1.807, 2.05) is 56.3 Å². The highest BCUT2D eigenvalue weighted by Gasteiger charge is 2.07. The Labute approximate surface area is 130 Å². The van der Waals surface area contributed by atoms with Gasteiger partial charge in [-0.15, -0.1) is 0 Å². The number of benzene rings is 2. The van der Waals surface area contributed by atoms with Gasteiger partial charge in [0.1, 0.15) is 0 Å². The van der Waals surface area contributed by atoms with E-state index in [-0.39, 0.29) is 6.10 Å². The van der Waals surface area contributed by atoms with Gasteiger partial charge < -0.3 is 14.8 Å². The first-order valence-electron chi connectivity index (χ1n) is 6.91. The Morgan fingerprint density at radius 3 is 2.57 bits per heavy atom. The standard InChI is InChI=1S/C17H20ClNO2/c1-12(2)21-17-9-13(7-8-16(17)20-3)11-19-15-6-4-5-14(18)10-15/h4-10,12,19H,11H2,1-3H3. The molecule has 0 fully saturated rings. The number of hydrogen-bond donors (Lipinski definition) is 1. The average Bonchev–Trinajstić information content (AvgIpc) is 2.45. The van der Waals surface area contributed by atoms with E-state index < -0.39 is 0 Å². The first-order chi connectivity index (χ1) is 10.1. The van der Waals surface area contributed by atoms with Gasteiger partial charge in [-0.05, 0) is 49.7 Å². The average molecular weight is 306 g/mol. The van der Waals surface area contributed by atoms with Crippen molar-refractivity contribution in [1.82, 2.24) is 0 Å². The zero-order valence-electron chi connectivity index (χ0n) is 12.5. The van der Waals surface area contributed by atoms with Gasteiger partial charge in [-0.2, -0.15) is 0 Å². The van der Waals surface area contributed by atoms with Crippen LogP contribution in [-0.2, 0) is 6.54 Å². The summed E-state index contributed by atoms with van der Waals surface area (Å²) in [6, 6.07) is 13.6. The monoisotopic (exact) mass is 305 g/mol. The molecule has 2 rings (SSSR count). The fraction of sp³-hybridized carbons (Fsp3) is 0.294. The predicted molar refractivity (Wildman–Crippen MR) is 87.5 cm³/mol. The molecular weight excluding hydrogens is 286 g/mol. The number of halogens is 1. The van der Waals surface area contributed by atoms with Crippen molar-refractivity contribution in [2.45, 2.75) is 26.5 Å². The van der Waals surface area contributed by atoms with Crippen LogP contribution in [0.2, 0.25) is 5.02 Å². The molecule has 0 saturated heterocycles. The van der Waals surface area contributed by atoms with Crippen LogP contribution in [0.1, 0.15) is 19.4 Å². The Kier molecular flexibility index (Phi) is 5.34. The number of rotatable bonds is 6. The van der Waals surface area contributed by atoms with Crippen LogP contribution in [-0.4, -0.2) is 13.2 Å². The Morgan fingerprint density at radius 2 is 1.90 bits per heavy atom. The van der Waals surface area contributed by atoms with Crippen LogP contribution in [0.5, 0.6) is 11.5 Å². The molecule has 0 unspecified atom stereocenters. The molecule has 1 N–H and O–H groups in total. The van der Waals surface area contributed by atoms with Gasteiger partial charge in [0.05, 0.1) is 13.2 Å². The van der Waals surface area contributed by atoms with Gasteiger partial charge in [-0.1, -0.05) is 23.7 Å². The summed E-state index contributed by atoms with van der Waals surface area (Å²) in [6.45, 7) is 4.69. The van der Waals surface area contributed by atoms with Crippen molar-refractivity contribution in [2.75, 3.05) is 12.4 Å². The molecule has 0 amide bonds. The van der Waals surface area contributed by atoms with Crippen molar-refractivity contribution < 1.29 is 9.47 Å². The van der Waals surface area contributed by atoms with E-state index in [4.69, 9.17) is 21.1 Å². The van der Waals surface area contributed by atoms with Crippen LogP contribution in [0.4, 0.5) is 5.69 Å². The summed E-state index contributed by atoms with van der Waals surface area (Å²) in [6.07, 6.45) is 0.107. The molecule has 2 aromatic rings. The van der Waals surface area contributed by atoms with E-state index in [1.165, 1.54) is 0 Å². The Morgan fingerprint density at radius 1 is 1.10 bits per heavy atom. The van der Waals surface area contributed by atoms with Gasteiger partial charge in [-0.3, -0.25) is 0 Å². The third kappa shape index (κ3) is 4.57. The maximum absolute atomic E-state index is 5.97. The second kappa shape index (κ2) is 7.23. The molecule has 3 nitrogen and oxygen atoms in total. The molecule has 0 aromatic heterocycles. The largest absolute Gasteiger partial charge is 0.493 e. The third-order valence-corrected chi connectivity index (χ3v) is 3.15. The fourth-order valence-electron chi connectivity index (χ4n) is 1.98. The Balaban J connectivity index is 2.09. The SMILES string of the molecule is COc1ccc(CNc2cccc(Cl)c2)cc1OC(C)C. The Hall–Kier alpha value is -1.87. The van der Waals surface area contributed by atoms with E-state index in [2.05, 4.69) is 5.32 Å². The lowest BCUT2D eigenvalue weighted by atomic mass is 10.2. The maximum atomic E-state index is 5.97. The molecule has 0 aliphatic rings. The fourth-order valence-corrected chi connectivity index (χ4v) is 2.17. The summed E-state index contributed by atoms with van der Waals surface area (Å²) in [5.41, 5.74) is 2.11. The summed E-state index contributed by atoms with van der Waals surface area (Å²) in [7, 11) is 1.65. The lowest BCUT2D eigenvalue weighted by molar-refractivity contribution is 0.230. The number of ether oxygens (including phenoxy) is 2. The summed E-state index contributed by atoms with van der Waals surface area (Å²) >= 11 is 5.97. The van der Waals surface area contributed by atoms with E-state index in [9.17, 15) is 0 Å². The van der Waals surface area contributed by atoms with Crippen LogP contribution in [0.3, 0.4) is 0 Å². The van der Waals surface area contributed by atoms with Crippen molar-refractivity contribution in [2.24, 2.45) is 0 Å². The van der Waals surface area contributed by atoms with Crippen molar-refractivity contribution >= 4 is 17.3 Å². The highest BCUT2D eigenvalue weighted by molar-refractivity contribution is 6.30. The molecule has 112 valence electrons. The summed E-state index contributed by atoms with van der Waals surface area (Å²) in [5, 5.41) is 4.06. The second-order valence-electron chi connectivity index (χ2n) is 5.02.